The number of likely N-dealkylation sites (tertiary alicyclic amines) is 1. The summed E-state index contributed by atoms with van der Waals surface area (Å²) in [6.45, 7) is 7.04. The van der Waals surface area contributed by atoms with Crippen LogP contribution in [0.25, 0.3) is 0 Å². The first kappa shape index (κ1) is 15.0. The molecule has 5 heteroatoms. The number of hydrogen-bond acceptors (Lipinski definition) is 3. The van der Waals surface area contributed by atoms with Gasteiger partial charge in [0.15, 0.2) is 0 Å². The van der Waals surface area contributed by atoms with Crippen LogP contribution in [0.15, 0.2) is 0 Å². The van der Waals surface area contributed by atoms with Gasteiger partial charge in [-0.3, -0.25) is 9.59 Å². The molecule has 0 bridgehead atoms. The first-order valence-electron chi connectivity index (χ1n) is 6.71. The maximum atomic E-state index is 12.1. The van der Waals surface area contributed by atoms with Crippen molar-refractivity contribution in [1.29, 1.82) is 0 Å². The second kappa shape index (κ2) is 6.73. The monoisotopic (exact) mass is 255 g/mol. The third kappa shape index (κ3) is 4.64. The third-order valence-corrected chi connectivity index (χ3v) is 3.26. The Labute approximate surface area is 109 Å². The predicted octanol–water partition coefficient (Wildman–Crippen LogP) is 0.487. The zero-order valence-electron chi connectivity index (χ0n) is 11.6. The molecule has 0 aromatic carbocycles. The second-order valence-corrected chi connectivity index (χ2v) is 5.54. The standard InChI is InChI=1S/C13H25N3O2/c1-9(2)8-12(14)13(18)16-6-4-11(5-7-16)15-10(3)17/h9,11-12H,4-8,14H2,1-3H3,(H,15,17)/t12-/m1/s1. The summed E-state index contributed by atoms with van der Waals surface area (Å²) in [5, 5.41) is 2.89. The summed E-state index contributed by atoms with van der Waals surface area (Å²) >= 11 is 0. The van der Waals surface area contributed by atoms with Crippen LogP contribution in [-0.2, 0) is 9.59 Å². The fourth-order valence-electron chi connectivity index (χ4n) is 2.37. The summed E-state index contributed by atoms with van der Waals surface area (Å²) in [6, 6.07) is -0.185. The smallest absolute Gasteiger partial charge is 0.239 e. The van der Waals surface area contributed by atoms with Crippen molar-refractivity contribution in [1.82, 2.24) is 10.2 Å². The second-order valence-electron chi connectivity index (χ2n) is 5.54. The van der Waals surface area contributed by atoms with Crippen LogP contribution in [0.4, 0.5) is 0 Å². The summed E-state index contributed by atoms with van der Waals surface area (Å²) in [6.07, 6.45) is 2.36. The van der Waals surface area contributed by atoms with Crippen molar-refractivity contribution in [3.8, 4) is 0 Å². The molecule has 2 amide bonds. The Hall–Kier alpha value is -1.10. The summed E-state index contributed by atoms with van der Waals surface area (Å²) in [7, 11) is 0. The van der Waals surface area contributed by atoms with Gasteiger partial charge in [0.1, 0.15) is 0 Å². The summed E-state index contributed by atoms with van der Waals surface area (Å²) in [4.78, 5) is 24.8. The first-order valence-corrected chi connectivity index (χ1v) is 6.71. The fraction of sp³-hybridized carbons (Fsp3) is 0.846. The topological polar surface area (TPSA) is 75.4 Å². The van der Waals surface area contributed by atoms with Crippen LogP contribution < -0.4 is 11.1 Å². The van der Waals surface area contributed by atoms with E-state index in [1.807, 2.05) is 4.90 Å². The zero-order valence-corrected chi connectivity index (χ0v) is 11.6. The highest BCUT2D eigenvalue weighted by Gasteiger charge is 2.26. The van der Waals surface area contributed by atoms with E-state index in [2.05, 4.69) is 19.2 Å². The Morgan fingerprint density at radius 1 is 1.33 bits per heavy atom. The van der Waals surface area contributed by atoms with Crippen molar-refractivity contribution in [2.75, 3.05) is 13.1 Å². The number of nitrogens with one attached hydrogen (secondary N) is 1. The molecule has 1 fully saturated rings. The van der Waals surface area contributed by atoms with Gasteiger partial charge >= 0.3 is 0 Å². The number of hydrogen-bond donors (Lipinski definition) is 2. The molecule has 0 saturated carbocycles. The molecule has 1 aliphatic heterocycles. The van der Waals surface area contributed by atoms with E-state index in [1.165, 1.54) is 6.92 Å². The van der Waals surface area contributed by atoms with E-state index in [1.54, 1.807) is 0 Å². The average molecular weight is 255 g/mol. The van der Waals surface area contributed by atoms with Crippen molar-refractivity contribution < 1.29 is 9.59 Å². The number of carbonyl (C=O) groups excluding carboxylic acids is 2. The predicted molar refractivity (Wildman–Crippen MR) is 70.8 cm³/mol. The van der Waals surface area contributed by atoms with Gasteiger partial charge in [-0.2, -0.15) is 0 Å². The third-order valence-electron chi connectivity index (χ3n) is 3.26. The first-order chi connectivity index (χ1) is 8.40. The molecule has 0 aromatic rings. The highest BCUT2D eigenvalue weighted by atomic mass is 16.2. The Kier molecular flexibility index (Phi) is 5.59. The molecule has 1 heterocycles. The van der Waals surface area contributed by atoms with Crippen LogP contribution in [-0.4, -0.2) is 41.9 Å². The molecule has 18 heavy (non-hydrogen) atoms. The molecule has 1 aliphatic rings. The minimum Gasteiger partial charge on any atom is -0.353 e. The maximum Gasteiger partial charge on any atom is 0.239 e. The molecule has 104 valence electrons. The van der Waals surface area contributed by atoms with Crippen LogP contribution in [0.1, 0.15) is 40.0 Å². The SMILES string of the molecule is CC(=O)NC1CCN(C(=O)[C@H](N)CC(C)C)CC1. The molecule has 0 spiro atoms. The van der Waals surface area contributed by atoms with Crippen molar-refractivity contribution in [3.05, 3.63) is 0 Å². The molecule has 0 aromatic heterocycles. The van der Waals surface area contributed by atoms with Gasteiger partial charge in [0.2, 0.25) is 11.8 Å². The molecule has 1 rings (SSSR count). The minimum atomic E-state index is -0.387. The lowest BCUT2D eigenvalue weighted by atomic mass is 10.0. The van der Waals surface area contributed by atoms with E-state index >= 15 is 0 Å². The zero-order chi connectivity index (χ0) is 13.7. The van der Waals surface area contributed by atoms with E-state index in [-0.39, 0.29) is 23.9 Å². The molecule has 3 N–H and O–H groups in total. The van der Waals surface area contributed by atoms with E-state index in [4.69, 9.17) is 5.73 Å². The minimum absolute atomic E-state index is 0.00344. The van der Waals surface area contributed by atoms with Crippen molar-refractivity contribution >= 4 is 11.8 Å². The number of carbonyl (C=O) groups is 2. The summed E-state index contributed by atoms with van der Waals surface area (Å²) in [5.41, 5.74) is 5.90. The molecule has 0 aliphatic carbocycles. The van der Waals surface area contributed by atoms with Crippen molar-refractivity contribution in [2.45, 2.75) is 52.1 Å². The molecule has 1 saturated heterocycles. The molecule has 0 unspecified atom stereocenters. The molecule has 0 radical (unpaired) electrons. The lowest BCUT2D eigenvalue weighted by Gasteiger charge is -2.34. The number of rotatable bonds is 4. The maximum absolute atomic E-state index is 12.1. The van der Waals surface area contributed by atoms with Gasteiger partial charge in [-0.1, -0.05) is 13.8 Å². The highest BCUT2D eigenvalue weighted by Crippen LogP contribution is 2.13. The Bertz CT molecular complexity index is 297. The average Bonchev–Trinajstić information content (AvgIpc) is 2.27. The van der Waals surface area contributed by atoms with Crippen LogP contribution in [0.3, 0.4) is 0 Å². The van der Waals surface area contributed by atoms with Gasteiger partial charge in [0.05, 0.1) is 6.04 Å². The van der Waals surface area contributed by atoms with Crippen LogP contribution in [0, 0.1) is 5.92 Å². The fourth-order valence-corrected chi connectivity index (χ4v) is 2.37. The number of piperidine rings is 1. The largest absolute Gasteiger partial charge is 0.353 e. The Morgan fingerprint density at radius 3 is 2.33 bits per heavy atom. The van der Waals surface area contributed by atoms with Crippen molar-refractivity contribution in [2.24, 2.45) is 11.7 Å². The van der Waals surface area contributed by atoms with Gasteiger partial charge in [-0.05, 0) is 25.2 Å². The quantitative estimate of drug-likeness (QED) is 0.767. The van der Waals surface area contributed by atoms with Gasteiger partial charge in [-0.15, -0.1) is 0 Å². The normalized spacial score (nSPS) is 18.8. The van der Waals surface area contributed by atoms with Gasteiger partial charge in [-0.25, -0.2) is 0 Å². The number of nitrogens with zero attached hydrogens (tertiary/aromatic N) is 1. The van der Waals surface area contributed by atoms with Gasteiger partial charge in [0.25, 0.3) is 0 Å². The number of amides is 2. The van der Waals surface area contributed by atoms with Crippen molar-refractivity contribution in [3.63, 3.8) is 0 Å². The van der Waals surface area contributed by atoms with E-state index in [9.17, 15) is 9.59 Å². The summed E-state index contributed by atoms with van der Waals surface area (Å²) in [5.74, 6) is 0.474. The van der Waals surface area contributed by atoms with E-state index in [0.717, 1.165) is 19.3 Å². The summed E-state index contributed by atoms with van der Waals surface area (Å²) < 4.78 is 0. The Balaban J connectivity index is 2.38. The molecular formula is C13H25N3O2. The molecular weight excluding hydrogens is 230 g/mol. The molecule has 1 atom stereocenters. The van der Waals surface area contributed by atoms with Crippen LogP contribution in [0.2, 0.25) is 0 Å². The number of nitrogens with two attached hydrogens (primary N) is 1. The van der Waals surface area contributed by atoms with Gasteiger partial charge < -0.3 is 16.0 Å². The lowest BCUT2D eigenvalue weighted by molar-refractivity contribution is -0.134. The van der Waals surface area contributed by atoms with E-state index in [0.29, 0.717) is 19.0 Å². The van der Waals surface area contributed by atoms with Gasteiger partial charge in [0, 0.05) is 26.1 Å². The van der Waals surface area contributed by atoms with Crippen LogP contribution in [0.5, 0.6) is 0 Å². The molecule has 5 nitrogen and oxygen atoms in total. The van der Waals surface area contributed by atoms with Crippen LogP contribution >= 0.6 is 0 Å². The van der Waals surface area contributed by atoms with E-state index < -0.39 is 0 Å². The Morgan fingerprint density at radius 2 is 1.89 bits per heavy atom. The lowest BCUT2D eigenvalue weighted by Crippen LogP contribution is -2.51. The highest BCUT2D eigenvalue weighted by molar-refractivity contribution is 5.81.